The van der Waals surface area contributed by atoms with E-state index in [0.29, 0.717) is 6.54 Å². The average Bonchev–Trinajstić information content (AvgIpc) is 3.27. The fourth-order valence-corrected chi connectivity index (χ4v) is 3.41. The minimum atomic E-state index is 0. The summed E-state index contributed by atoms with van der Waals surface area (Å²) in [6, 6.07) is 10.6. The molecule has 0 radical (unpaired) electrons. The second-order valence-electron chi connectivity index (χ2n) is 7.13. The molecule has 0 spiro atoms. The number of aliphatic imine (C=N–C) groups is 1. The molecule has 0 bridgehead atoms. The first-order valence-electron chi connectivity index (χ1n) is 9.97. The van der Waals surface area contributed by atoms with Crippen LogP contribution in [0.4, 0.5) is 5.82 Å². The van der Waals surface area contributed by atoms with E-state index >= 15 is 0 Å². The number of ether oxygens (including phenoxy) is 1. The minimum Gasteiger partial charge on any atom is -0.496 e. The van der Waals surface area contributed by atoms with Crippen molar-refractivity contribution in [2.24, 2.45) is 4.99 Å². The van der Waals surface area contributed by atoms with Gasteiger partial charge >= 0.3 is 0 Å². The molecule has 1 saturated heterocycles. The first kappa shape index (κ1) is 23.3. The number of pyridine rings is 1. The normalized spacial score (nSPS) is 13.8. The molecule has 1 aliphatic heterocycles. The highest BCUT2D eigenvalue weighted by atomic mass is 127. The van der Waals surface area contributed by atoms with Gasteiger partial charge in [-0.15, -0.1) is 24.0 Å². The van der Waals surface area contributed by atoms with Crippen LogP contribution in [0.15, 0.2) is 41.5 Å². The molecule has 0 atom stereocenters. The number of aromatic nitrogens is 1. The molecule has 1 aliphatic rings. The van der Waals surface area contributed by atoms with E-state index in [-0.39, 0.29) is 24.0 Å². The fraction of sp³-hybridized carbons (Fsp3) is 0.455. The summed E-state index contributed by atoms with van der Waals surface area (Å²) >= 11 is 0. The number of benzene rings is 1. The number of rotatable bonds is 7. The number of anilines is 1. The Morgan fingerprint density at radius 1 is 1.14 bits per heavy atom. The van der Waals surface area contributed by atoms with Crippen molar-refractivity contribution < 1.29 is 4.74 Å². The smallest absolute Gasteiger partial charge is 0.191 e. The number of hydrogen-bond acceptors (Lipinski definition) is 4. The maximum absolute atomic E-state index is 5.40. The Balaban J connectivity index is 0.00000300. The molecule has 1 fully saturated rings. The van der Waals surface area contributed by atoms with Gasteiger partial charge in [0.15, 0.2) is 5.96 Å². The summed E-state index contributed by atoms with van der Waals surface area (Å²) in [6.45, 7) is 5.80. The van der Waals surface area contributed by atoms with Gasteiger partial charge < -0.3 is 20.3 Å². The summed E-state index contributed by atoms with van der Waals surface area (Å²) in [5.41, 5.74) is 3.54. The monoisotopic (exact) mass is 509 g/mol. The molecule has 0 aliphatic carbocycles. The zero-order valence-corrected chi connectivity index (χ0v) is 19.9. The summed E-state index contributed by atoms with van der Waals surface area (Å²) in [7, 11) is 3.50. The summed E-state index contributed by atoms with van der Waals surface area (Å²) in [5, 5.41) is 6.72. The van der Waals surface area contributed by atoms with Gasteiger partial charge in [-0.2, -0.15) is 0 Å². The van der Waals surface area contributed by atoms with Crippen LogP contribution in [-0.2, 0) is 13.0 Å². The van der Waals surface area contributed by atoms with Gasteiger partial charge in [0.25, 0.3) is 0 Å². The molecule has 2 N–H and O–H groups in total. The van der Waals surface area contributed by atoms with Gasteiger partial charge in [-0.05, 0) is 55.0 Å². The highest BCUT2D eigenvalue weighted by Crippen LogP contribution is 2.19. The largest absolute Gasteiger partial charge is 0.496 e. The highest BCUT2D eigenvalue weighted by molar-refractivity contribution is 14.0. The van der Waals surface area contributed by atoms with Crippen LogP contribution in [0.2, 0.25) is 0 Å². The van der Waals surface area contributed by atoms with Crippen LogP contribution < -0.4 is 20.3 Å². The predicted octanol–water partition coefficient (Wildman–Crippen LogP) is 3.52. The average molecular weight is 509 g/mol. The van der Waals surface area contributed by atoms with Crippen molar-refractivity contribution in [3.8, 4) is 5.75 Å². The predicted molar refractivity (Wildman–Crippen MR) is 131 cm³/mol. The standard InChI is InChI=1S/C22H31N5O.HI/c1-17-6-7-18(14-20(17)28-3)10-11-24-22(23-2)26-16-19-8-9-21(25-15-19)27-12-4-5-13-27;/h6-9,14-15H,4-5,10-13,16H2,1-3H3,(H2,23,24,26);1H. The molecule has 1 aromatic heterocycles. The first-order valence-corrected chi connectivity index (χ1v) is 9.97. The quantitative estimate of drug-likeness (QED) is 0.340. The van der Waals surface area contributed by atoms with Gasteiger partial charge in [-0.1, -0.05) is 18.2 Å². The fourth-order valence-electron chi connectivity index (χ4n) is 3.41. The maximum atomic E-state index is 5.40. The van der Waals surface area contributed by atoms with E-state index in [9.17, 15) is 0 Å². The molecule has 7 heteroatoms. The molecule has 0 unspecified atom stereocenters. The molecule has 2 heterocycles. The van der Waals surface area contributed by atoms with Crippen molar-refractivity contribution in [1.82, 2.24) is 15.6 Å². The van der Waals surface area contributed by atoms with Crippen LogP contribution >= 0.6 is 24.0 Å². The van der Waals surface area contributed by atoms with E-state index in [1.165, 1.54) is 18.4 Å². The molecule has 6 nitrogen and oxygen atoms in total. The first-order chi connectivity index (χ1) is 13.7. The summed E-state index contributed by atoms with van der Waals surface area (Å²) in [5.74, 6) is 2.81. The molecule has 2 aromatic rings. The number of hydrogen-bond donors (Lipinski definition) is 2. The van der Waals surface area contributed by atoms with Gasteiger partial charge in [0, 0.05) is 39.4 Å². The zero-order valence-electron chi connectivity index (χ0n) is 17.6. The summed E-state index contributed by atoms with van der Waals surface area (Å²) in [4.78, 5) is 11.3. The van der Waals surface area contributed by atoms with Gasteiger partial charge in [0.05, 0.1) is 7.11 Å². The van der Waals surface area contributed by atoms with Gasteiger partial charge in [0.1, 0.15) is 11.6 Å². The van der Waals surface area contributed by atoms with E-state index in [0.717, 1.165) is 54.7 Å². The number of aryl methyl sites for hydroxylation is 1. The third-order valence-electron chi connectivity index (χ3n) is 5.10. The third kappa shape index (κ3) is 6.76. The molecule has 29 heavy (non-hydrogen) atoms. The van der Waals surface area contributed by atoms with Gasteiger partial charge in [-0.25, -0.2) is 4.98 Å². The van der Waals surface area contributed by atoms with Crippen molar-refractivity contribution >= 4 is 35.8 Å². The SMILES string of the molecule is CN=C(NCCc1ccc(C)c(OC)c1)NCc1ccc(N2CCCC2)nc1.I. The van der Waals surface area contributed by atoms with Crippen LogP contribution in [0.1, 0.15) is 29.5 Å². The third-order valence-corrected chi connectivity index (χ3v) is 5.10. The Morgan fingerprint density at radius 3 is 2.55 bits per heavy atom. The Bertz CT molecular complexity index is 788. The van der Waals surface area contributed by atoms with E-state index in [2.05, 4.69) is 62.8 Å². The van der Waals surface area contributed by atoms with Crippen LogP contribution in [0.3, 0.4) is 0 Å². The molecule has 3 rings (SSSR count). The number of guanidine groups is 1. The van der Waals surface area contributed by atoms with Gasteiger partial charge in [-0.3, -0.25) is 4.99 Å². The van der Waals surface area contributed by atoms with Crippen molar-refractivity contribution in [1.29, 1.82) is 0 Å². The van der Waals surface area contributed by atoms with Crippen LogP contribution in [0.25, 0.3) is 0 Å². The summed E-state index contributed by atoms with van der Waals surface area (Å²) < 4.78 is 5.40. The lowest BCUT2D eigenvalue weighted by atomic mass is 10.1. The minimum absolute atomic E-state index is 0. The van der Waals surface area contributed by atoms with Crippen molar-refractivity contribution in [3.05, 3.63) is 53.2 Å². The lowest BCUT2D eigenvalue weighted by Gasteiger charge is -2.16. The Labute approximate surface area is 191 Å². The van der Waals surface area contributed by atoms with Crippen molar-refractivity contribution in [2.75, 3.05) is 38.7 Å². The maximum Gasteiger partial charge on any atom is 0.191 e. The number of nitrogens with zero attached hydrogens (tertiary/aromatic N) is 3. The van der Waals surface area contributed by atoms with E-state index in [4.69, 9.17) is 4.74 Å². The molecule has 0 amide bonds. The van der Waals surface area contributed by atoms with Crippen molar-refractivity contribution in [2.45, 2.75) is 32.7 Å². The molecular formula is C22H32IN5O. The van der Waals surface area contributed by atoms with Crippen LogP contribution in [0, 0.1) is 6.92 Å². The second kappa shape index (κ2) is 11.8. The number of nitrogens with one attached hydrogen (secondary N) is 2. The zero-order chi connectivity index (χ0) is 19.8. The van der Waals surface area contributed by atoms with Gasteiger partial charge in [0.2, 0.25) is 0 Å². The Hall–Kier alpha value is -2.03. The summed E-state index contributed by atoms with van der Waals surface area (Å²) in [6.07, 6.45) is 5.39. The molecular weight excluding hydrogens is 477 g/mol. The van der Waals surface area contributed by atoms with E-state index < -0.39 is 0 Å². The van der Waals surface area contributed by atoms with Crippen molar-refractivity contribution in [3.63, 3.8) is 0 Å². The number of methoxy groups -OCH3 is 1. The lowest BCUT2D eigenvalue weighted by Crippen LogP contribution is -2.37. The lowest BCUT2D eigenvalue weighted by molar-refractivity contribution is 0.411. The van der Waals surface area contributed by atoms with Crippen LogP contribution in [-0.4, -0.2) is 44.7 Å². The van der Waals surface area contributed by atoms with Crippen LogP contribution in [0.5, 0.6) is 5.75 Å². The van der Waals surface area contributed by atoms with E-state index in [1.54, 1.807) is 14.2 Å². The van der Waals surface area contributed by atoms with E-state index in [1.807, 2.05) is 6.20 Å². The molecule has 1 aromatic carbocycles. The molecule has 158 valence electrons. The Kier molecular flexibility index (Phi) is 9.50. The molecule has 0 saturated carbocycles. The number of halogens is 1. The highest BCUT2D eigenvalue weighted by Gasteiger charge is 2.12. The topological polar surface area (TPSA) is 61.8 Å². The second-order valence-corrected chi connectivity index (χ2v) is 7.13. The Morgan fingerprint density at radius 2 is 1.90 bits per heavy atom.